The highest BCUT2D eigenvalue weighted by Crippen LogP contribution is 2.33. The lowest BCUT2D eigenvalue weighted by Crippen LogP contribution is -2.44. The summed E-state index contributed by atoms with van der Waals surface area (Å²) in [5.74, 6) is -1.97. The molecule has 10 heteroatoms. The van der Waals surface area contributed by atoms with Crippen molar-refractivity contribution >= 4 is 11.8 Å². The highest BCUT2D eigenvalue weighted by Gasteiger charge is 2.35. The fourth-order valence-electron chi connectivity index (χ4n) is 3.56. The van der Waals surface area contributed by atoms with Crippen LogP contribution in [0.4, 0.5) is 13.2 Å². The number of aromatic nitrogens is 2. The number of halogens is 3. The summed E-state index contributed by atoms with van der Waals surface area (Å²) in [5, 5.41) is 6.48. The summed E-state index contributed by atoms with van der Waals surface area (Å²) < 4.78 is 41.0. The molecule has 7 nitrogen and oxygen atoms in total. The van der Waals surface area contributed by atoms with Gasteiger partial charge in [-0.1, -0.05) is 18.6 Å². The van der Waals surface area contributed by atoms with Crippen molar-refractivity contribution in [3.63, 3.8) is 0 Å². The zero-order chi connectivity index (χ0) is 21.3. The fourth-order valence-corrected chi connectivity index (χ4v) is 3.56. The van der Waals surface area contributed by atoms with Crippen LogP contribution in [0.15, 0.2) is 35.1 Å². The van der Waals surface area contributed by atoms with E-state index in [-0.39, 0.29) is 11.4 Å². The number of primary amides is 1. The Balaban J connectivity index is 2.00. The molecule has 2 amide bonds. The first-order chi connectivity index (χ1) is 13.6. The number of hydrogen-bond acceptors (Lipinski definition) is 4. The molecule has 0 bridgehead atoms. The minimum atomic E-state index is -4.64. The number of carbonyl (C=O) groups is 2. The lowest BCUT2D eigenvalue weighted by atomic mass is 10.0. The first-order valence-corrected chi connectivity index (χ1v) is 8.97. The molecule has 0 unspecified atom stereocenters. The van der Waals surface area contributed by atoms with Gasteiger partial charge in [-0.25, -0.2) is 4.68 Å². The third-order valence-electron chi connectivity index (χ3n) is 4.96. The van der Waals surface area contributed by atoms with Crippen LogP contribution in [0.1, 0.15) is 41.0 Å². The molecule has 29 heavy (non-hydrogen) atoms. The smallest absolute Gasteiger partial charge is 0.369 e. The normalized spacial score (nSPS) is 19.2. The summed E-state index contributed by atoms with van der Waals surface area (Å²) in [6.07, 6.45) is -2.93. The van der Waals surface area contributed by atoms with Gasteiger partial charge in [0.15, 0.2) is 5.69 Å². The van der Waals surface area contributed by atoms with Gasteiger partial charge in [0.25, 0.3) is 5.91 Å². The molecule has 1 heterocycles. The van der Waals surface area contributed by atoms with Crippen molar-refractivity contribution in [2.45, 2.75) is 38.4 Å². The van der Waals surface area contributed by atoms with Crippen molar-refractivity contribution in [3.05, 3.63) is 57.5 Å². The molecule has 0 radical (unpaired) electrons. The average molecular weight is 408 g/mol. The molecule has 0 spiro atoms. The van der Waals surface area contributed by atoms with Gasteiger partial charge in [-0.3, -0.25) is 14.4 Å². The maximum Gasteiger partial charge on any atom is 0.418 e. The Bertz CT molecular complexity index is 1020. The van der Waals surface area contributed by atoms with Crippen LogP contribution in [0, 0.1) is 12.8 Å². The molecular weight excluding hydrogens is 389 g/mol. The molecule has 3 rings (SSSR count). The maximum atomic E-state index is 13.4. The van der Waals surface area contributed by atoms with Gasteiger partial charge in [0.2, 0.25) is 11.3 Å². The number of alkyl halides is 3. The lowest BCUT2D eigenvalue weighted by Gasteiger charge is -2.19. The summed E-state index contributed by atoms with van der Waals surface area (Å²) in [5.41, 5.74) is 2.94. The first-order valence-electron chi connectivity index (χ1n) is 8.97. The number of benzene rings is 1. The number of carbonyl (C=O) groups excluding carboxylic acids is 2. The van der Waals surface area contributed by atoms with Crippen molar-refractivity contribution in [3.8, 4) is 5.69 Å². The molecule has 1 aromatic heterocycles. The van der Waals surface area contributed by atoms with E-state index in [9.17, 15) is 27.6 Å². The zero-order valence-corrected chi connectivity index (χ0v) is 15.5. The standard InChI is InChI=1S/C19H19F3N4O3/c1-10-9-15(27)16(18(29)24-13-7-4-5-11(13)17(23)28)25-26(10)14-8-3-2-6-12(14)19(20,21)22/h2-3,6,8-9,11,13H,4-5,7H2,1H3,(H2,23,28)(H,24,29)/t11-,13+/m0/s1. The van der Waals surface area contributed by atoms with Gasteiger partial charge in [0.1, 0.15) is 0 Å². The highest BCUT2D eigenvalue weighted by molar-refractivity contribution is 5.92. The van der Waals surface area contributed by atoms with Crippen molar-refractivity contribution < 1.29 is 22.8 Å². The number of nitrogens with zero attached hydrogens (tertiary/aromatic N) is 2. The van der Waals surface area contributed by atoms with Crippen LogP contribution in [0.25, 0.3) is 5.69 Å². The van der Waals surface area contributed by atoms with E-state index in [1.807, 2.05) is 0 Å². The fraction of sp³-hybridized carbons (Fsp3) is 0.368. The third-order valence-corrected chi connectivity index (χ3v) is 4.96. The second-order valence-electron chi connectivity index (χ2n) is 6.95. The Labute approximate surface area is 163 Å². The lowest BCUT2D eigenvalue weighted by molar-refractivity contribution is -0.137. The molecule has 0 saturated heterocycles. The topological polar surface area (TPSA) is 107 Å². The Morgan fingerprint density at radius 1 is 1.24 bits per heavy atom. The highest BCUT2D eigenvalue weighted by atomic mass is 19.4. The number of nitrogens with one attached hydrogen (secondary N) is 1. The predicted molar refractivity (Wildman–Crippen MR) is 97.4 cm³/mol. The second-order valence-corrected chi connectivity index (χ2v) is 6.95. The number of aryl methyl sites for hydroxylation is 1. The van der Waals surface area contributed by atoms with Crippen molar-refractivity contribution in [1.82, 2.24) is 15.1 Å². The van der Waals surface area contributed by atoms with Crippen LogP contribution in [0.2, 0.25) is 0 Å². The number of amides is 2. The quantitative estimate of drug-likeness (QED) is 0.806. The van der Waals surface area contributed by atoms with E-state index in [0.29, 0.717) is 19.3 Å². The molecule has 2 atom stereocenters. The molecular formula is C19H19F3N4O3. The van der Waals surface area contributed by atoms with Crippen LogP contribution >= 0.6 is 0 Å². The molecule has 1 aromatic carbocycles. The van der Waals surface area contributed by atoms with Gasteiger partial charge in [0, 0.05) is 17.8 Å². The number of para-hydroxylation sites is 1. The minimum absolute atomic E-state index is 0.138. The molecule has 2 aromatic rings. The van der Waals surface area contributed by atoms with Crippen molar-refractivity contribution in [1.29, 1.82) is 0 Å². The summed E-state index contributed by atoms with van der Waals surface area (Å²) in [4.78, 5) is 36.4. The maximum absolute atomic E-state index is 13.4. The van der Waals surface area contributed by atoms with Gasteiger partial charge in [-0.15, -0.1) is 0 Å². The van der Waals surface area contributed by atoms with Gasteiger partial charge in [-0.2, -0.15) is 18.3 Å². The zero-order valence-electron chi connectivity index (χ0n) is 15.5. The Morgan fingerprint density at radius 3 is 2.59 bits per heavy atom. The minimum Gasteiger partial charge on any atom is -0.369 e. The van der Waals surface area contributed by atoms with Crippen LogP contribution in [-0.4, -0.2) is 27.6 Å². The van der Waals surface area contributed by atoms with Crippen LogP contribution in [0.5, 0.6) is 0 Å². The summed E-state index contributed by atoms with van der Waals surface area (Å²) in [7, 11) is 0. The van der Waals surface area contributed by atoms with Crippen molar-refractivity contribution in [2.75, 3.05) is 0 Å². The Morgan fingerprint density at radius 2 is 1.93 bits per heavy atom. The monoisotopic (exact) mass is 408 g/mol. The van der Waals surface area contributed by atoms with Gasteiger partial charge >= 0.3 is 6.18 Å². The third kappa shape index (κ3) is 4.15. The Kier molecular flexibility index (Phi) is 5.45. The largest absolute Gasteiger partial charge is 0.418 e. The molecule has 0 aliphatic heterocycles. The van der Waals surface area contributed by atoms with Crippen LogP contribution < -0.4 is 16.5 Å². The first kappa shape index (κ1) is 20.6. The number of hydrogen-bond donors (Lipinski definition) is 2. The van der Waals surface area contributed by atoms with Gasteiger partial charge in [0.05, 0.1) is 17.2 Å². The van der Waals surface area contributed by atoms with E-state index in [4.69, 9.17) is 5.73 Å². The summed E-state index contributed by atoms with van der Waals surface area (Å²) in [6.45, 7) is 1.42. The van der Waals surface area contributed by atoms with Gasteiger partial charge in [-0.05, 0) is 31.9 Å². The number of rotatable bonds is 4. The van der Waals surface area contributed by atoms with Gasteiger partial charge < -0.3 is 11.1 Å². The van der Waals surface area contributed by atoms with E-state index in [1.165, 1.54) is 25.1 Å². The molecule has 1 aliphatic rings. The van der Waals surface area contributed by atoms with Crippen LogP contribution in [0.3, 0.4) is 0 Å². The molecule has 1 aliphatic carbocycles. The van der Waals surface area contributed by atoms with E-state index in [0.717, 1.165) is 16.8 Å². The Hall–Kier alpha value is -3.17. The van der Waals surface area contributed by atoms with E-state index >= 15 is 0 Å². The molecule has 1 saturated carbocycles. The predicted octanol–water partition coefficient (Wildman–Crippen LogP) is 1.94. The molecule has 3 N–H and O–H groups in total. The number of nitrogens with two attached hydrogens (primary N) is 1. The summed E-state index contributed by atoms with van der Waals surface area (Å²) >= 11 is 0. The van der Waals surface area contributed by atoms with E-state index < -0.39 is 46.6 Å². The molecule has 154 valence electrons. The second kappa shape index (κ2) is 7.69. The van der Waals surface area contributed by atoms with Crippen LogP contribution in [-0.2, 0) is 11.0 Å². The van der Waals surface area contributed by atoms with Crippen molar-refractivity contribution in [2.24, 2.45) is 11.7 Å². The summed E-state index contributed by atoms with van der Waals surface area (Å²) in [6, 6.07) is 5.24. The average Bonchev–Trinajstić information content (AvgIpc) is 3.09. The molecule has 1 fully saturated rings. The van der Waals surface area contributed by atoms with E-state index in [2.05, 4.69) is 10.4 Å². The SMILES string of the molecule is Cc1cc(=O)c(C(=O)N[C@@H]2CCC[C@@H]2C(N)=O)nn1-c1ccccc1C(F)(F)F. The van der Waals surface area contributed by atoms with E-state index in [1.54, 1.807) is 0 Å².